The van der Waals surface area contributed by atoms with E-state index >= 15 is 0 Å². The molecule has 0 saturated heterocycles. The van der Waals surface area contributed by atoms with Crippen LogP contribution in [0.5, 0.6) is 0 Å². The summed E-state index contributed by atoms with van der Waals surface area (Å²) >= 11 is 1.69. The number of aromatic nitrogens is 1. The Morgan fingerprint density at radius 2 is 2.00 bits per heavy atom. The highest BCUT2D eigenvalue weighted by molar-refractivity contribution is 7.15. The number of hydrogen-bond acceptors (Lipinski definition) is 5. The van der Waals surface area contributed by atoms with Crippen molar-refractivity contribution in [1.29, 1.82) is 0 Å². The highest BCUT2D eigenvalue weighted by atomic mass is 32.1. The van der Waals surface area contributed by atoms with Crippen molar-refractivity contribution in [3.8, 4) is 0 Å². The quantitative estimate of drug-likeness (QED) is 0.776. The van der Waals surface area contributed by atoms with Gasteiger partial charge < -0.3 is 10.1 Å². The number of carbonyl (C=O) groups excluding carboxylic acids is 1. The van der Waals surface area contributed by atoms with Gasteiger partial charge in [-0.3, -0.25) is 4.79 Å². The molecule has 0 aliphatic rings. The van der Waals surface area contributed by atoms with E-state index in [2.05, 4.69) is 36.3 Å². The standard InChI is InChI=1S/C18H24N2O2S/c1-5-22-17(21)10-15-6-8-16(9-7-15)12(2)11-19-18-20-13(3)14(4)23-18/h6-9,12H,5,10-11H2,1-4H3,(H,19,20). The Morgan fingerprint density at radius 3 is 2.57 bits per heavy atom. The first-order valence-electron chi connectivity index (χ1n) is 7.92. The van der Waals surface area contributed by atoms with E-state index in [9.17, 15) is 4.79 Å². The Hall–Kier alpha value is -1.88. The number of thiazole rings is 1. The summed E-state index contributed by atoms with van der Waals surface area (Å²) in [6.45, 7) is 9.38. The largest absolute Gasteiger partial charge is 0.466 e. The van der Waals surface area contributed by atoms with Gasteiger partial charge in [-0.15, -0.1) is 11.3 Å². The molecule has 1 heterocycles. The molecule has 124 valence electrons. The summed E-state index contributed by atoms with van der Waals surface area (Å²) in [6.07, 6.45) is 0.332. The number of rotatable bonds is 7. The molecule has 1 aromatic heterocycles. The summed E-state index contributed by atoms with van der Waals surface area (Å²) in [5.41, 5.74) is 3.32. The van der Waals surface area contributed by atoms with Crippen LogP contribution in [0.3, 0.4) is 0 Å². The van der Waals surface area contributed by atoms with Gasteiger partial charge in [-0.2, -0.15) is 0 Å². The summed E-state index contributed by atoms with van der Waals surface area (Å²) in [5, 5.41) is 4.38. The number of nitrogens with zero attached hydrogens (tertiary/aromatic N) is 1. The Balaban J connectivity index is 1.89. The number of hydrogen-bond donors (Lipinski definition) is 1. The normalized spacial score (nSPS) is 12.0. The summed E-state index contributed by atoms with van der Waals surface area (Å²) in [7, 11) is 0. The Morgan fingerprint density at radius 1 is 1.30 bits per heavy atom. The van der Waals surface area contributed by atoms with E-state index in [0.717, 1.165) is 22.9 Å². The van der Waals surface area contributed by atoms with Gasteiger partial charge in [0.05, 0.1) is 18.7 Å². The maximum absolute atomic E-state index is 11.5. The zero-order valence-corrected chi connectivity index (χ0v) is 15.0. The van der Waals surface area contributed by atoms with E-state index in [-0.39, 0.29) is 5.97 Å². The van der Waals surface area contributed by atoms with E-state index in [0.29, 0.717) is 18.9 Å². The molecular weight excluding hydrogens is 308 g/mol. The number of carbonyl (C=O) groups is 1. The second kappa shape index (κ2) is 8.11. The molecule has 0 aliphatic heterocycles. The van der Waals surface area contributed by atoms with Gasteiger partial charge in [0.15, 0.2) is 5.13 Å². The average molecular weight is 332 g/mol. The highest BCUT2D eigenvalue weighted by Crippen LogP contribution is 2.23. The van der Waals surface area contributed by atoms with Crippen LogP contribution in [0.25, 0.3) is 0 Å². The Labute approximate surface area is 141 Å². The lowest BCUT2D eigenvalue weighted by Gasteiger charge is -2.13. The maximum Gasteiger partial charge on any atom is 0.310 e. The fourth-order valence-electron chi connectivity index (χ4n) is 2.25. The molecule has 1 aromatic carbocycles. The fraction of sp³-hybridized carbons (Fsp3) is 0.444. The first-order valence-corrected chi connectivity index (χ1v) is 8.73. The van der Waals surface area contributed by atoms with Crippen LogP contribution in [0.1, 0.15) is 41.5 Å². The first-order chi connectivity index (χ1) is 11.0. The third kappa shape index (κ3) is 5.06. The maximum atomic E-state index is 11.5. The second-order valence-corrected chi connectivity index (χ2v) is 6.87. The van der Waals surface area contributed by atoms with Crippen LogP contribution in [-0.4, -0.2) is 24.1 Å². The lowest BCUT2D eigenvalue weighted by atomic mass is 9.99. The number of anilines is 1. The van der Waals surface area contributed by atoms with Crippen molar-refractivity contribution in [3.05, 3.63) is 46.0 Å². The Bertz CT molecular complexity index is 630. The van der Waals surface area contributed by atoms with Gasteiger partial charge in [-0.25, -0.2) is 4.98 Å². The van der Waals surface area contributed by atoms with E-state index in [1.54, 1.807) is 11.3 Å². The lowest BCUT2D eigenvalue weighted by Crippen LogP contribution is -2.10. The van der Waals surface area contributed by atoms with Crippen LogP contribution in [-0.2, 0) is 16.0 Å². The average Bonchev–Trinajstić information content (AvgIpc) is 2.84. The van der Waals surface area contributed by atoms with Gasteiger partial charge >= 0.3 is 5.97 Å². The van der Waals surface area contributed by atoms with Crippen LogP contribution in [0.2, 0.25) is 0 Å². The van der Waals surface area contributed by atoms with Crippen molar-refractivity contribution in [2.45, 2.75) is 40.0 Å². The van der Waals surface area contributed by atoms with Gasteiger partial charge in [-0.1, -0.05) is 31.2 Å². The van der Waals surface area contributed by atoms with Gasteiger partial charge in [0, 0.05) is 11.4 Å². The summed E-state index contributed by atoms with van der Waals surface area (Å²) in [5.74, 6) is 0.195. The van der Waals surface area contributed by atoms with E-state index in [1.807, 2.05) is 26.0 Å². The molecule has 0 radical (unpaired) electrons. The predicted octanol–water partition coefficient (Wildman–Crippen LogP) is 4.08. The molecule has 0 fully saturated rings. The molecule has 0 aliphatic carbocycles. The molecule has 0 amide bonds. The van der Waals surface area contributed by atoms with Crippen molar-refractivity contribution in [2.24, 2.45) is 0 Å². The smallest absolute Gasteiger partial charge is 0.310 e. The molecule has 23 heavy (non-hydrogen) atoms. The zero-order valence-electron chi connectivity index (χ0n) is 14.2. The van der Waals surface area contributed by atoms with Crippen LogP contribution in [0, 0.1) is 13.8 Å². The molecule has 5 heteroatoms. The zero-order chi connectivity index (χ0) is 16.8. The number of aryl methyl sites for hydroxylation is 2. The topological polar surface area (TPSA) is 51.2 Å². The molecule has 0 spiro atoms. The summed E-state index contributed by atoms with van der Waals surface area (Å²) in [6, 6.07) is 8.17. The number of nitrogens with one attached hydrogen (secondary N) is 1. The van der Waals surface area contributed by atoms with Crippen molar-refractivity contribution in [3.63, 3.8) is 0 Å². The van der Waals surface area contributed by atoms with E-state index in [4.69, 9.17) is 4.74 Å². The molecule has 1 atom stereocenters. The van der Waals surface area contributed by atoms with Gasteiger partial charge in [0.2, 0.25) is 0 Å². The minimum Gasteiger partial charge on any atom is -0.466 e. The minimum atomic E-state index is -0.176. The van der Waals surface area contributed by atoms with Gasteiger partial charge in [-0.05, 0) is 37.8 Å². The van der Waals surface area contributed by atoms with Crippen LogP contribution < -0.4 is 5.32 Å². The molecular formula is C18H24N2O2S. The lowest BCUT2D eigenvalue weighted by molar-refractivity contribution is -0.142. The first kappa shape index (κ1) is 17.5. The summed E-state index contributed by atoms with van der Waals surface area (Å²) < 4.78 is 4.97. The van der Waals surface area contributed by atoms with Gasteiger partial charge in [0.25, 0.3) is 0 Å². The molecule has 0 saturated carbocycles. The van der Waals surface area contributed by atoms with Crippen molar-refractivity contribution < 1.29 is 9.53 Å². The Kier molecular flexibility index (Phi) is 6.16. The number of benzene rings is 1. The third-order valence-corrected chi connectivity index (χ3v) is 4.82. The predicted molar refractivity (Wildman–Crippen MR) is 95.3 cm³/mol. The van der Waals surface area contributed by atoms with Crippen LogP contribution in [0.4, 0.5) is 5.13 Å². The second-order valence-electron chi connectivity index (χ2n) is 5.67. The summed E-state index contributed by atoms with van der Waals surface area (Å²) in [4.78, 5) is 17.2. The number of ether oxygens (including phenoxy) is 1. The molecule has 4 nitrogen and oxygen atoms in total. The molecule has 1 N–H and O–H groups in total. The van der Waals surface area contributed by atoms with Crippen LogP contribution >= 0.6 is 11.3 Å². The highest BCUT2D eigenvalue weighted by Gasteiger charge is 2.09. The van der Waals surface area contributed by atoms with Gasteiger partial charge in [0.1, 0.15) is 0 Å². The van der Waals surface area contributed by atoms with Crippen molar-refractivity contribution >= 4 is 22.4 Å². The SMILES string of the molecule is CCOC(=O)Cc1ccc(C(C)CNc2nc(C)c(C)s2)cc1. The molecule has 1 unspecified atom stereocenters. The van der Waals surface area contributed by atoms with Crippen molar-refractivity contribution in [2.75, 3.05) is 18.5 Å². The molecule has 2 aromatic rings. The number of esters is 1. The third-order valence-electron chi connectivity index (χ3n) is 3.79. The van der Waals surface area contributed by atoms with E-state index < -0.39 is 0 Å². The molecule has 2 rings (SSSR count). The minimum absolute atomic E-state index is 0.176. The van der Waals surface area contributed by atoms with E-state index in [1.165, 1.54) is 10.4 Å². The fourth-order valence-corrected chi connectivity index (χ4v) is 3.07. The monoisotopic (exact) mass is 332 g/mol. The molecule has 0 bridgehead atoms. The van der Waals surface area contributed by atoms with Crippen molar-refractivity contribution in [1.82, 2.24) is 4.98 Å². The van der Waals surface area contributed by atoms with Crippen LogP contribution in [0.15, 0.2) is 24.3 Å².